The van der Waals surface area contributed by atoms with Crippen molar-refractivity contribution in [3.05, 3.63) is 11.8 Å². The Balaban J connectivity index is 1.53. The molecule has 4 saturated carbocycles. The Hall–Kier alpha value is -3.36. The molecule has 0 aromatic heterocycles. The van der Waals surface area contributed by atoms with Crippen LogP contribution in [0.1, 0.15) is 68.7 Å². The molecule has 0 bridgehead atoms. The zero-order valence-electron chi connectivity index (χ0n) is 29.7. The fourth-order valence-corrected chi connectivity index (χ4v) is 12.2. The predicted molar refractivity (Wildman–Crippen MR) is 166 cm³/mol. The molecule has 5 aliphatic carbocycles. The van der Waals surface area contributed by atoms with Crippen LogP contribution in [0.2, 0.25) is 0 Å². The van der Waals surface area contributed by atoms with Crippen molar-refractivity contribution in [2.24, 2.45) is 57.7 Å². The molecule has 2 heterocycles. The number of fused-ring (bicyclic) bond motifs is 10. The van der Waals surface area contributed by atoms with Crippen molar-refractivity contribution in [1.82, 2.24) is 0 Å². The van der Waals surface area contributed by atoms with E-state index in [-0.39, 0.29) is 12.2 Å². The highest BCUT2D eigenvalue weighted by molar-refractivity contribution is 5.88. The second-order valence-electron chi connectivity index (χ2n) is 16.4. The average Bonchev–Trinajstić information content (AvgIpc) is 3.68. The second-order valence-corrected chi connectivity index (χ2v) is 16.4. The van der Waals surface area contributed by atoms with Crippen molar-refractivity contribution in [2.45, 2.75) is 117 Å². The summed E-state index contributed by atoms with van der Waals surface area (Å²) in [4.78, 5) is 79.7. The third-order valence-corrected chi connectivity index (χ3v) is 14.1. The van der Waals surface area contributed by atoms with E-state index < -0.39 is 142 Å². The number of aliphatic hydroxyl groups is 2. The van der Waals surface area contributed by atoms with E-state index in [2.05, 4.69) is 0 Å². The van der Waals surface area contributed by atoms with Crippen LogP contribution in [0.15, 0.2) is 11.8 Å². The monoisotopic (exact) mass is 702 g/mol. The molecule has 0 amide bonds. The summed E-state index contributed by atoms with van der Waals surface area (Å²) in [5.74, 6) is -9.94. The van der Waals surface area contributed by atoms with Gasteiger partial charge in [0, 0.05) is 68.1 Å². The van der Waals surface area contributed by atoms with Crippen LogP contribution in [0.25, 0.3) is 0 Å². The Morgan fingerprint density at radius 3 is 1.90 bits per heavy atom. The molecule has 0 unspecified atom stereocenters. The van der Waals surface area contributed by atoms with E-state index in [1.54, 1.807) is 26.8 Å². The Bertz CT molecular complexity index is 1620. The van der Waals surface area contributed by atoms with E-state index in [4.69, 9.17) is 28.4 Å². The minimum absolute atomic E-state index is 0.198. The Labute approximate surface area is 289 Å². The van der Waals surface area contributed by atoms with Gasteiger partial charge in [0.2, 0.25) is 0 Å². The molecule has 14 nitrogen and oxygen atoms in total. The van der Waals surface area contributed by atoms with E-state index >= 15 is 0 Å². The van der Waals surface area contributed by atoms with Gasteiger partial charge in [-0.15, -0.1) is 0 Å². The van der Waals surface area contributed by atoms with E-state index in [1.165, 1.54) is 34.6 Å². The van der Waals surface area contributed by atoms with Crippen molar-refractivity contribution < 1.29 is 67.4 Å². The molecule has 7 rings (SSSR count). The second kappa shape index (κ2) is 10.8. The minimum atomic E-state index is -2.10. The van der Waals surface area contributed by atoms with Crippen LogP contribution >= 0.6 is 0 Å². The first-order valence-electron chi connectivity index (χ1n) is 17.4. The molecule has 2 aliphatic heterocycles. The molecule has 14 heteroatoms. The molecule has 0 aromatic rings. The first kappa shape index (κ1) is 35.1. The molecule has 0 radical (unpaired) electrons. The highest BCUT2D eigenvalue weighted by Crippen LogP contribution is 2.76. The smallest absolute Gasteiger partial charge is 0.343 e. The molecular weight excluding hydrogens is 656 g/mol. The number of ketones is 1. The first-order chi connectivity index (χ1) is 23.1. The normalized spacial score (nSPS) is 52.3. The maximum Gasteiger partial charge on any atom is 0.343 e. The van der Waals surface area contributed by atoms with Gasteiger partial charge >= 0.3 is 29.8 Å². The third-order valence-electron chi connectivity index (χ3n) is 14.1. The van der Waals surface area contributed by atoms with Gasteiger partial charge in [-0.25, -0.2) is 4.79 Å². The van der Waals surface area contributed by atoms with E-state index in [0.717, 1.165) is 0 Å². The molecule has 274 valence electrons. The van der Waals surface area contributed by atoms with Crippen molar-refractivity contribution >= 4 is 35.6 Å². The number of hydrogen-bond donors (Lipinski definition) is 2. The number of rotatable bonds is 4. The van der Waals surface area contributed by atoms with Crippen molar-refractivity contribution in [3.63, 3.8) is 0 Å². The van der Waals surface area contributed by atoms with Crippen LogP contribution in [0.4, 0.5) is 0 Å². The van der Waals surface area contributed by atoms with Crippen LogP contribution in [-0.2, 0) is 57.2 Å². The largest absolute Gasteiger partial charge is 0.462 e. The predicted octanol–water partition coefficient (Wildman–Crippen LogP) is 1.41. The van der Waals surface area contributed by atoms with Gasteiger partial charge in [-0.2, -0.15) is 0 Å². The van der Waals surface area contributed by atoms with Crippen molar-refractivity contribution in [3.8, 4) is 0 Å². The number of hydrogen-bond acceptors (Lipinski definition) is 14. The topological polar surface area (TPSA) is 202 Å². The molecule has 18 atom stereocenters. The van der Waals surface area contributed by atoms with Crippen LogP contribution in [0.5, 0.6) is 0 Å². The first-order valence-corrected chi connectivity index (χ1v) is 17.4. The highest BCUT2D eigenvalue weighted by Gasteiger charge is 2.83. The summed E-state index contributed by atoms with van der Waals surface area (Å²) < 4.78 is 36.2. The number of ether oxygens (including phenoxy) is 6. The van der Waals surface area contributed by atoms with E-state index in [9.17, 15) is 39.0 Å². The summed E-state index contributed by atoms with van der Waals surface area (Å²) in [5, 5.41) is 24.2. The molecule has 0 aromatic carbocycles. The van der Waals surface area contributed by atoms with Gasteiger partial charge in [-0.3, -0.25) is 24.0 Å². The molecule has 6 fully saturated rings. The zero-order chi connectivity index (χ0) is 36.8. The summed E-state index contributed by atoms with van der Waals surface area (Å²) in [6, 6.07) is 0. The summed E-state index contributed by atoms with van der Waals surface area (Å²) in [6.45, 7) is 13.3. The van der Waals surface area contributed by atoms with Gasteiger partial charge in [0.05, 0.1) is 11.5 Å². The fraction of sp³-hybridized carbons (Fsp3) is 0.778. The van der Waals surface area contributed by atoms with Crippen LogP contribution in [-0.4, -0.2) is 94.2 Å². The number of allylic oxidation sites excluding steroid dienone is 1. The highest BCUT2D eigenvalue weighted by atomic mass is 16.6. The minimum Gasteiger partial charge on any atom is -0.462 e. The Kier molecular flexibility index (Phi) is 7.59. The summed E-state index contributed by atoms with van der Waals surface area (Å²) >= 11 is 0. The van der Waals surface area contributed by atoms with Gasteiger partial charge in [0.1, 0.15) is 42.4 Å². The number of carbonyl (C=O) groups excluding carboxylic acids is 6. The third kappa shape index (κ3) is 4.24. The lowest BCUT2D eigenvalue weighted by Gasteiger charge is -2.65. The van der Waals surface area contributed by atoms with Crippen molar-refractivity contribution in [2.75, 3.05) is 0 Å². The van der Waals surface area contributed by atoms with E-state index in [0.29, 0.717) is 0 Å². The maximum absolute atomic E-state index is 14.5. The Morgan fingerprint density at radius 2 is 1.32 bits per heavy atom. The SMILES string of the molecule is CC(=O)O[C@@H]1[C@H]2[C@H]3[C@H]([C@H](OC(C)=O)[C@H](OC(C)=O)[C@]2(C)[C@@H]2[C@H]1[C@]1(C)C(=C[C@H]2C)OC(=O)[C@@]1(C)O)[C@]1(C)[C@H](C[C@@H]2O[C@@H]2[C@@H]1OC(C)=O)C(=O)[C@@H]3O. The fourth-order valence-electron chi connectivity index (χ4n) is 12.2. The molecule has 50 heavy (non-hydrogen) atoms. The number of Topliss-reactive ketones (excluding diaryl/α,β-unsaturated/α-hetero) is 1. The van der Waals surface area contributed by atoms with Gasteiger partial charge in [-0.05, 0) is 38.2 Å². The van der Waals surface area contributed by atoms with E-state index in [1.807, 2.05) is 6.92 Å². The molecule has 0 spiro atoms. The van der Waals surface area contributed by atoms with Gasteiger partial charge in [-0.1, -0.05) is 20.8 Å². The summed E-state index contributed by atoms with van der Waals surface area (Å²) in [7, 11) is 0. The van der Waals surface area contributed by atoms with Crippen LogP contribution in [0.3, 0.4) is 0 Å². The van der Waals surface area contributed by atoms with Gasteiger partial charge < -0.3 is 38.6 Å². The standard InChI is InChI=1S/C36H46O14/c1-12-10-19-35(8,36(9,44)32(43)50-19)24-21(12)34(7)22(28(24)45-13(2)37)20-23(29(46-14(3)38)31(34)48-16(5)40)33(6)17(25(41)26(20)42)11-18-27(49-18)30(33)47-15(4)39/h10,12,17-18,20-24,26-31,42,44H,11H2,1-9H3/t12-,17-,18+,20+,21+,22-,23-,24-,26-,27+,28-,29+,30+,31+,33+,34-,35+,36-/m1/s1. The van der Waals surface area contributed by atoms with Crippen LogP contribution in [0, 0.1) is 57.7 Å². The average molecular weight is 703 g/mol. The quantitative estimate of drug-likeness (QED) is 0.242. The summed E-state index contributed by atoms with van der Waals surface area (Å²) in [5.41, 5.74) is -6.23. The lowest BCUT2D eigenvalue weighted by molar-refractivity contribution is -0.272. The Morgan fingerprint density at radius 1 is 0.780 bits per heavy atom. The number of carbonyl (C=O) groups is 6. The van der Waals surface area contributed by atoms with Gasteiger partial charge in [0.15, 0.2) is 11.4 Å². The van der Waals surface area contributed by atoms with Crippen molar-refractivity contribution in [1.29, 1.82) is 0 Å². The molecule has 7 aliphatic rings. The molecule has 2 N–H and O–H groups in total. The number of epoxide rings is 1. The number of esters is 5. The lowest BCUT2D eigenvalue weighted by atomic mass is 9.41. The maximum atomic E-state index is 14.5. The molecule has 2 saturated heterocycles. The van der Waals surface area contributed by atoms with Gasteiger partial charge in [0.25, 0.3) is 0 Å². The summed E-state index contributed by atoms with van der Waals surface area (Å²) in [6.07, 6.45) is -5.40. The molecular formula is C36H46O14. The lowest BCUT2D eigenvalue weighted by Crippen LogP contribution is -2.74. The number of aliphatic hydroxyl groups excluding tert-OH is 1. The zero-order valence-corrected chi connectivity index (χ0v) is 29.7. The van der Waals surface area contributed by atoms with Crippen LogP contribution < -0.4 is 0 Å².